The molecule has 0 spiro atoms. The van der Waals surface area contributed by atoms with Gasteiger partial charge in [0.05, 0.1) is 0 Å². The van der Waals surface area contributed by atoms with E-state index < -0.39 is 0 Å². The summed E-state index contributed by atoms with van der Waals surface area (Å²) in [7, 11) is 1.80. The molecule has 0 aliphatic rings. The van der Waals surface area contributed by atoms with Crippen molar-refractivity contribution in [1.29, 1.82) is 0 Å². The van der Waals surface area contributed by atoms with Crippen molar-refractivity contribution >= 4 is 57.6 Å². The van der Waals surface area contributed by atoms with Crippen LogP contribution in [0.4, 0.5) is 0 Å². The minimum absolute atomic E-state index is 0. The van der Waals surface area contributed by atoms with Crippen LogP contribution in [-0.4, -0.2) is 31.6 Å². The number of halogens is 2. The fourth-order valence-corrected chi connectivity index (χ4v) is 2.34. The minimum atomic E-state index is 0. The largest absolute Gasteiger partial charge is 0.356 e. The van der Waals surface area contributed by atoms with E-state index in [9.17, 15) is 0 Å². The molecular formula is C14H23BrIN3S. The molecule has 1 aromatic rings. The Morgan fingerprint density at radius 1 is 1.20 bits per heavy atom. The first-order valence-electron chi connectivity index (χ1n) is 6.44. The number of guanidine groups is 1. The molecule has 1 aromatic carbocycles. The van der Waals surface area contributed by atoms with Crippen LogP contribution in [0.5, 0.6) is 0 Å². The van der Waals surface area contributed by atoms with Crippen molar-refractivity contribution in [2.45, 2.75) is 19.4 Å². The number of benzene rings is 1. The highest BCUT2D eigenvalue weighted by molar-refractivity contribution is 14.0. The third kappa shape index (κ3) is 9.07. The summed E-state index contributed by atoms with van der Waals surface area (Å²) in [5.41, 5.74) is 1.24. The van der Waals surface area contributed by atoms with Crippen LogP contribution in [0.3, 0.4) is 0 Å². The Bertz CT molecular complexity index is 385. The molecule has 0 atom stereocenters. The highest BCUT2D eigenvalue weighted by atomic mass is 127. The van der Waals surface area contributed by atoms with Crippen molar-refractivity contribution in [2.75, 3.05) is 25.6 Å². The number of thioether (sulfide) groups is 1. The number of aliphatic imine (C=N–C) groups is 1. The zero-order chi connectivity index (χ0) is 13.9. The maximum absolute atomic E-state index is 4.22. The normalized spacial score (nSPS) is 10.8. The molecule has 3 nitrogen and oxygen atoms in total. The fourth-order valence-electron chi connectivity index (χ4n) is 1.59. The molecule has 0 aliphatic carbocycles. The molecule has 20 heavy (non-hydrogen) atoms. The molecule has 0 radical (unpaired) electrons. The number of nitrogens with zero attached hydrogens (tertiary/aromatic N) is 1. The lowest BCUT2D eigenvalue weighted by molar-refractivity contribution is 0.733. The summed E-state index contributed by atoms with van der Waals surface area (Å²) in [5, 5.41) is 6.64. The van der Waals surface area contributed by atoms with E-state index in [0.717, 1.165) is 23.5 Å². The summed E-state index contributed by atoms with van der Waals surface area (Å²) < 4.78 is 1.10. The van der Waals surface area contributed by atoms with E-state index in [1.165, 1.54) is 24.2 Å². The van der Waals surface area contributed by atoms with Crippen LogP contribution in [0, 0.1) is 0 Å². The molecule has 0 aromatic heterocycles. The van der Waals surface area contributed by atoms with Crippen LogP contribution in [0.15, 0.2) is 33.7 Å². The molecule has 0 fully saturated rings. The maximum Gasteiger partial charge on any atom is 0.191 e. The highest BCUT2D eigenvalue weighted by Gasteiger charge is 1.98. The first-order chi connectivity index (χ1) is 9.26. The molecule has 1 rings (SSSR count). The molecule has 0 heterocycles. The number of hydrogen-bond donors (Lipinski definition) is 2. The van der Waals surface area contributed by atoms with E-state index in [1.807, 2.05) is 11.8 Å². The second-order valence-electron chi connectivity index (χ2n) is 4.18. The number of hydrogen-bond acceptors (Lipinski definition) is 2. The van der Waals surface area contributed by atoms with Gasteiger partial charge >= 0.3 is 0 Å². The number of unbranched alkanes of at least 4 members (excludes halogenated alkanes) is 1. The number of nitrogens with one attached hydrogen (secondary N) is 2. The van der Waals surface area contributed by atoms with E-state index in [0.29, 0.717) is 0 Å². The fraction of sp³-hybridized carbons (Fsp3) is 0.500. The van der Waals surface area contributed by atoms with Crippen LogP contribution in [-0.2, 0) is 6.54 Å². The van der Waals surface area contributed by atoms with Crippen molar-refractivity contribution in [2.24, 2.45) is 4.99 Å². The lowest BCUT2D eigenvalue weighted by Gasteiger charge is -2.11. The summed E-state index contributed by atoms with van der Waals surface area (Å²) in [6.07, 6.45) is 4.57. The molecule has 0 saturated carbocycles. The zero-order valence-corrected chi connectivity index (χ0v) is 16.7. The summed E-state index contributed by atoms with van der Waals surface area (Å²) in [4.78, 5) is 4.22. The summed E-state index contributed by atoms with van der Waals surface area (Å²) in [6.45, 7) is 1.76. The van der Waals surface area contributed by atoms with E-state index in [2.05, 4.69) is 62.1 Å². The van der Waals surface area contributed by atoms with Crippen molar-refractivity contribution in [3.63, 3.8) is 0 Å². The average molecular weight is 472 g/mol. The summed E-state index contributed by atoms with van der Waals surface area (Å²) in [5.74, 6) is 2.10. The SMILES string of the molecule is CN=C(NCCCCSC)NCc1ccc(Br)cc1.I. The van der Waals surface area contributed by atoms with Crippen LogP contribution in [0.1, 0.15) is 18.4 Å². The third-order valence-corrected chi connectivity index (χ3v) is 3.89. The molecular weight excluding hydrogens is 449 g/mol. The van der Waals surface area contributed by atoms with Gasteiger partial charge in [0.1, 0.15) is 0 Å². The quantitative estimate of drug-likeness (QED) is 0.274. The van der Waals surface area contributed by atoms with Crippen molar-refractivity contribution < 1.29 is 0 Å². The van der Waals surface area contributed by atoms with Crippen molar-refractivity contribution in [3.05, 3.63) is 34.3 Å². The molecule has 114 valence electrons. The van der Waals surface area contributed by atoms with Gasteiger partial charge in [0, 0.05) is 24.6 Å². The first kappa shape index (κ1) is 20.1. The Morgan fingerprint density at radius 3 is 2.50 bits per heavy atom. The van der Waals surface area contributed by atoms with Gasteiger partial charge in [-0.05, 0) is 42.5 Å². The van der Waals surface area contributed by atoms with E-state index >= 15 is 0 Å². The summed E-state index contributed by atoms with van der Waals surface area (Å²) >= 11 is 5.33. The Morgan fingerprint density at radius 2 is 1.90 bits per heavy atom. The monoisotopic (exact) mass is 471 g/mol. The van der Waals surface area contributed by atoms with Gasteiger partial charge in [0.25, 0.3) is 0 Å². The van der Waals surface area contributed by atoms with Gasteiger partial charge in [0.2, 0.25) is 0 Å². The maximum atomic E-state index is 4.22. The molecule has 0 bridgehead atoms. The molecule has 2 N–H and O–H groups in total. The topological polar surface area (TPSA) is 36.4 Å². The van der Waals surface area contributed by atoms with Gasteiger partial charge < -0.3 is 10.6 Å². The predicted octanol–water partition coefficient (Wildman–Crippen LogP) is 3.88. The standard InChI is InChI=1S/C14H22BrN3S.HI/c1-16-14(17-9-3-4-10-19-2)18-11-12-5-7-13(15)8-6-12;/h5-8H,3-4,9-11H2,1-2H3,(H2,16,17,18);1H. The lowest BCUT2D eigenvalue weighted by Crippen LogP contribution is -2.37. The van der Waals surface area contributed by atoms with Gasteiger partial charge in [-0.2, -0.15) is 11.8 Å². The van der Waals surface area contributed by atoms with E-state index in [1.54, 1.807) is 7.05 Å². The van der Waals surface area contributed by atoms with Crippen molar-refractivity contribution in [1.82, 2.24) is 10.6 Å². The molecule has 0 aliphatic heterocycles. The van der Waals surface area contributed by atoms with Gasteiger partial charge in [-0.3, -0.25) is 4.99 Å². The molecule has 6 heteroatoms. The Kier molecular flexibility index (Phi) is 12.8. The van der Waals surface area contributed by atoms with Gasteiger partial charge in [0.15, 0.2) is 5.96 Å². The predicted molar refractivity (Wildman–Crippen MR) is 105 cm³/mol. The van der Waals surface area contributed by atoms with Crippen LogP contribution in [0.25, 0.3) is 0 Å². The smallest absolute Gasteiger partial charge is 0.191 e. The Labute approximate surface area is 151 Å². The Hall–Kier alpha value is 0.0500. The van der Waals surface area contributed by atoms with Crippen molar-refractivity contribution in [3.8, 4) is 0 Å². The van der Waals surface area contributed by atoms with Gasteiger partial charge in [-0.1, -0.05) is 28.1 Å². The average Bonchev–Trinajstić information content (AvgIpc) is 2.44. The molecule has 0 amide bonds. The van der Waals surface area contributed by atoms with E-state index in [4.69, 9.17) is 0 Å². The lowest BCUT2D eigenvalue weighted by atomic mass is 10.2. The third-order valence-electron chi connectivity index (χ3n) is 2.66. The zero-order valence-electron chi connectivity index (χ0n) is 12.0. The highest BCUT2D eigenvalue weighted by Crippen LogP contribution is 2.10. The first-order valence-corrected chi connectivity index (χ1v) is 8.63. The van der Waals surface area contributed by atoms with Crippen LogP contribution >= 0.6 is 51.7 Å². The minimum Gasteiger partial charge on any atom is -0.356 e. The number of rotatable bonds is 7. The van der Waals surface area contributed by atoms with Gasteiger partial charge in [-0.15, -0.1) is 24.0 Å². The van der Waals surface area contributed by atoms with E-state index in [-0.39, 0.29) is 24.0 Å². The van der Waals surface area contributed by atoms with Crippen LogP contribution < -0.4 is 10.6 Å². The van der Waals surface area contributed by atoms with Gasteiger partial charge in [-0.25, -0.2) is 0 Å². The Balaban J connectivity index is 0.00000361. The second-order valence-corrected chi connectivity index (χ2v) is 6.08. The summed E-state index contributed by atoms with van der Waals surface area (Å²) in [6, 6.07) is 8.30. The molecule has 0 saturated heterocycles. The second kappa shape index (κ2) is 12.8. The van der Waals surface area contributed by atoms with Crippen LogP contribution in [0.2, 0.25) is 0 Å². The molecule has 0 unspecified atom stereocenters.